The van der Waals surface area contributed by atoms with Crippen molar-refractivity contribution in [1.82, 2.24) is 9.03 Å². The van der Waals surface area contributed by atoms with Gasteiger partial charge < -0.3 is 5.73 Å². The van der Waals surface area contributed by atoms with Crippen LogP contribution in [0.3, 0.4) is 0 Å². The van der Waals surface area contributed by atoms with Gasteiger partial charge in [-0.15, -0.1) is 0 Å². The van der Waals surface area contributed by atoms with Gasteiger partial charge in [0.15, 0.2) is 0 Å². The molecule has 1 fully saturated rings. The van der Waals surface area contributed by atoms with Gasteiger partial charge in [0.05, 0.1) is 0 Å². The molecule has 1 aliphatic carbocycles. The molecule has 0 aliphatic heterocycles. The normalized spacial score (nSPS) is 29.4. The highest BCUT2D eigenvalue weighted by atomic mass is 32.2. The first-order valence-corrected chi connectivity index (χ1v) is 6.33. The maximum atomic E-state index is 11.5. The third kappa shape index (κ3) is 2.66. The Balaban J connectivity index is 2.58. The Morgan fingerprint density at radius 1 is 1.29 bits per heavy atom. The maximum Gasteiger partial charge on any atom is 0.279 e. The summed E-state index contributed by atoms with van der Waals surface area (Å²) in [7, 11) is -0.223. The van der Waals surface area contributed by atoms with Gasteiger partial charge in [-0.05, 0) is 25.7 Å². The van der Waals surface area contributed by atoms with Gasteiger partial charge in [0, 0.05) is 26.2 Å². The zero-order valence-corrected chi connectivity index (χ0v) is 9.55. The molecule has 5 nitrogen and oxygen atoms in total. The number of hydrogen-bond donors (Lipinski definition) is 2. The molecule has 14 heavy (non-hydrogen) atoms. The van der Waals surface area contributed by atoms with Crippen LogP contribution in [0.5, 0.6) is 0 Å². The molecule has 1 aliphatic rings. The average molecular weight is 221 g/mol. The molecule has 3 N–H and O–H groups in total. The minimum absolute atomic E-state index is 0.104. The van der Waals surface area contributed by atoms with Gasteiger partial charge >= 0.3 is 0 Å². The van der Waals surface area contributed by atoms with Crippen LogP contribution >= 0.6 is 0 Å². The van der Waals surface area contributed by atoms with Crippen LogP contribution < -0.4 is 10.5 Å². The van der Waals surface area contributed by atoms with E-state index in [9.17, 15) is 8.42 Å². The molecule has 0 spiro atoms. The van der Waals surface area contributed by atoms with Gasteiger partial charge in [-0.1, -0.05) is 0 Å². The number of nitrogens with zero attached hydrogens (tertiary/aromatic N) is 1. The molecule has 0 atom stereocenters. The van der Waals surface area contributed by atoms with Crippen molar-refractivity contribution in [2.24, 2.45) is 5.73 Å². The van der Waals surface area contributed by atoms with Crippen molar-refractivity contribution < 1.29 is 8.42 Å². The third-order valence-electron chi connectivity index (χ3n) is 2.89. The fourth-order valence-corrected chi connectivity index (χ4v) is 2.70. The van der Waals surface area contributed by atoms with Crippen LogP contribution in [0.15, 0.2) is 0 Å². The summed E-state index contributed by atoms with van der Waals surface area (Å²) in [6, 6.07) is 0.351. The molecular formula is C8H19N3O2S. The Morgan fingerprint density at radius 2 is 1.79 bits per heavy atom. The minimum atomic E-state index is -3.27. The predicted octanol–water partition coefficient (Wildman–Crippen LogP) is -0.348. The van der Waals surface area contributed by atoms with Crippen LogP contribution in [0.2, 0.25) is 0 Å². The van der Waals surface area contributed by atoms with Gasteiger partial charge in [-0.25, -0.2) is 4.72 Å². The molecule has 0 aromatic carbocycles. The van der Waals surface area contributed by atoms with E-state index >= 15 is 0 Å². The van der Waals surface area contributed by atoms with Crippen LogP contribution in [-0.2, 0) is 10.2 Å². The van der Waals surface area contributed by atoms with Gasteiger partial charge in [0.2, 0.25) is 0 Å². The highest BCUT2D eigenvalue weighted by Gasteiger charge is 2.28. The quantitative estimate of drug-likeness (QED) is 0.684. The summed E-state index contributed by atoms with van der Waals surface area (Å²) in [6.07, 6.45) is 3.54. The standard InChI is InChI=1S/C8H19N3O2S/c1-10-14(12,13)11(2)8-5-3-7(9)4-6-8/h7-8,10H,3-6,9H2,1-2H3. The van der Waals surface area contributed by atoms with E-state index < -0.39 is 10.2 Å². The lowest BCUT2D eigenvalue weighted by Crippen LogP contribution is -2.45. The minimum Gasteiger partial charge on any atom is -0.328 e. The van der Waals surface area contributed by atoms with E-state index in [1.54, 1.807) is 7.05 Å². The molecule has 6 heteroatoms. The van der Waals surface area contributed by atoms with Crippen LogP contribution in [0.25, 0.3) is 0 Å². The second-order valence-electron chi connectivity index (χ2n) is 3.79. The molecule has 0 amide bonds. The number of rotatable bonds is 3. The van der Waals surface area contributed by atoms with Crippen LogP contribution in [0.4, 0.5) is 0 Å². The summed E-state index contributed by atoms with van der Waals surface area (Å²) in [4.78, 5) is 0. The largest absolute Gasteiger partial charge is 0.328 e. The topological polar surface area (TPSA) is 75.4 Å². The summed E-state index contributed by atoms with van der Waals surface area (Å²) in [5.41, 5.74) is 5.76. The fourth-order valence-electron chi connectivity index (χ4n) is 1.81. The van der Waals surface area contributed by atoms with Gasteiger partial charge in [0.1, 0.15) is 0 Å². The van der Waals surface area contributed by atoms with Crippen molar-refractivity contribution in [1.29, 1.82) is 0 Å². The fraction of sp³-hybridized carbons (Fsp3) is 1.00. The maximum absolute atomic E-state index is 11.5. The molecule has 0 radical (unpaired) electrons. The highest BCUT2D eigenvalue weighted by Crippen LogP contribution is 2.22. The van der Waals surface area contributed by atoms with Crippen molar-refractivity contribution in [3.63, 3.8) is 0 Å². The molecule has 0 bridgehead atoms. The lowest BCUT2D eigenvalue weighted by Gasteiger charge is -2.32. The Bertz CT molecular complexity index is 270. The zero-order chi connectivity index (χ0) is 10.8. The van der Waals surface area contributed by atoms with Crippen LogP contribution in [-0.4, -0.2) is 38.9 Å². The van der Waals surface area contributed by atoms with Crippen molar-refractivity contribution in [2.45, 2.75) is 37.8 Å². The number of hydrogen-bond acceptors (Lipinski definition) is 3. The monoisotopic (exact) mass is 221 g/mol. The van der Waals surface area contributed by atoms with E-state index in [1.807, 2.05) is 0 Å². The average Bonchev–Trinajstić information content (AvgIpc) is 2.18. The lowest BCUT2D eigenvalue weighted by molar-refractivity contribution is 0.267. The van der Waals surface area contributed by atoms with Gasteiger partial charge in [-0.3, -0.25) is 0 Å². The highest BCUT2D eigenvalue weighted by molar-refractivity contribution is 7.87. The predicted molar refractivity (Wildman–Crippen MR) is 56.0 cm³/mol. The third-order valence-corrected chi connectivity index (χ3v) is 4.46. The van der Waals surface area contributed by atoms with Crippen molar-refractivity contribution in [3.05, 3.63) is 0 Å². The second kappa shape index (κ2) is 4.57. The Morgan fingerprint density at radius 3 is 2.21 bits per heavy atom. The summed E-state index contributed by atoms with van der Waals surface area (Å²) in [5.74, 6) is 0. The second-order valence-corrected chi connectivity index (χ2v) is 5.73. The molecule has 1 saturated carbocycles. The van der Waals surface area contributed by atoms with Gasteiger partial charge in [0.25, 0.3) is 10.2 Å². The zero-order valence-electron chi connectivity index (χ0n) is 8.73. The molecule has 0 unspecified atom stereocenters. The first-order chi connectivity index (χ1) is 6.47. The Kier molecular flexibility index (Phi) is 3.88. The lowest BCUT2D eigenvalue weighted by atomic mass is 9.92. The van der Waals surface area contributed by atoms with Crippen LogP contribution in [0.1, 0.15) is 25.7 Å². The summed E-state index contributed by atoms with van der Waals surface area (Å²) in [5, 5.41) is 0. The van der Waals surface area contributed by atoms with E-state index in [4.69, 9.17) is 5.73 Å². The molecule has 0 aromatic heterocycles. The van der Waals surface area contributed by atoms with Crippen molar-refractivity contribution in [2.75, 3.05) is 14.1 Å². The molecule has 0 saturated heterocycles. The molecule has 0 aromatic rings. The molecule has 84 valence electrons. The van der Waals surface area contributed by atoms with E-state index in [0.717, 1.165) is 25.7 Å². The smallest absolute Gasteiger partial charge is 0.279 e. The Hall–Kier alpha value is -0.170. The van der Waals surface area contributed by atoms with E-state index in [0.29, 0.717) is 0 Å². The summed E-state index contributed by atoms with van der Waals surface area (Å²) >= 11 is 0. The van der Waals surface area contributed by atoms with Crippen molar-refractivity contribution >= 4 is 10.2 Å². The molecular weight excluding hydrogens is 202 g/mol. The van der Waals surface area contributed by atoms with E-state index in [2.05, 4.69) is 4.72 Å². The van der Waals surface area contributed by atoms with Crippen molar-refractivity contribution in [3.8, 4) is 0 Å². The summed E-state index contributed by atoms with van der Waals surface area (Å²) < 4.78 is 26.7. The number of nitrogens with two attached hydrogens (primary N) is 1. The Labute approximate surface area is 85.8 Å². The van der Waals surface area contributed by atoms with Crippen LogP contribution in [0, 0.1) is 0 Å². The SMILES string of the molecule is CNS(=O)(=O)N(C)C1CCC(N)CC1. The number of nitrogens with one attached hydrogen (secondary N) is 1. The first-order valence-electron chi connectivity index (χ1n) is 4.89. The summed E-state index contributed by atoms with van der Waals surface area (Å²) in [6.45, 7) is 0. The van der Waals surface area contributed by atoms with Gasteiger partial charge in [-0.2, -0.15) is 12.7 Å². The first kappa shape index (κ1) is 11.9. The van der Waals surface area contributed by atoms with E-state index in [1.165, 1.54) is 11.4 Å². The van der Waals surface area contributed by atoms with E-state index in [-0.39, 0.29) is 12.1 Å². The molecule has 1 rings (SSSR count). The molecule has 0 heterocycles.